The van der Waals surface area contributed by atoms with Crippen LogP contribution in [0.25, 0.3) is 0 Å². The molecule has 0 unspecified atom stereocenters. The van der Waals surface area contributed by atoms with Gasteiger partial charge in [-0.25, -0.2) is 0 Å². The van der Waals surface area contributed by atoms with Gasteiger partial charge in [0.05, 0.1) is 0 Å². The molecule has 0 radical (unpaired) electrons. The summed E-state index contributed by atoms with van der Waals surface area (Å²) in [5.41, 5.74) is -2.30. The summed E-state index contributed by atoms with van der Waals surface area (Å²) in [6, 6.07) is 0. The fourth-order valence-corrected chi connectivity index (χ4v) is 1.40. The Morgan fingerprint density at radius 1 is 1.00 bits per heavy atom. The molecule has 0 spiro atoms. The molecule has 0 aromatic heterocycles. The highest BCUT2D eigenvalue weighted by atomic mass is 19.4. The smallest absolute Gasteiger partial charge is 0.374 e. The van der Waals surface area contributed by atoms with Crippen LogP contribution in [-0.2, 0) is 0 Å². The van der Waals surface area contributed by atoms with Crippen molar-refractivity contribution < 1.29 is 31.4 Å². The van der Waals surface area contributed by atoms with Gasteiger partial charge in [0.15, 0.2) is 0 Å². The maximum absolute atomic E-state index is 12.8. The van der Waals surface area contributed by atoms with Crippen molar-refractivity contribution in [3.8, 4) is 0 Å². The van der Waals surface area contributed by atoms with E-state index in [1.165, 1.54) is 0 Å². The van der Waals surface area contributed by atoms with E-state index >= 15 is 0 Å². The summed E-state index contributed by atoms with van der Waals surface area (Å²) < 4.78 is 76.1. The third-order valence-electron chi connectivity index (χ3n) is 2.59. The second-order valence-electron chi connectivity index (χ2n) is 3.79. The first-order chi connectivity index (χ1) is 7.56. The van der Waals surface area contributed by atoms with Crippen LogP contribution < -0.4 is 0 Å². The van der Waals surface area contributed by atoms with Gasteiger partial charge in [0.2, 0.25) is 5.60 Å². The Morgan fingerprint density at radius 3 is 1.88 bits per heavy atom. The summed E-state index contributed by atoms with van der Waals surface area (Å²) in [7, 11) is 0. The van der Waals surface area contributed by atoms with Crippen molar-refractivity contribution in [2.75, 3.05) is 0 Å². The quantitative estimate of drug-likeness (QED) is 0.610. The molecule has 0 heterocycles. The van der Waals surface area contributed by atoms with E-state index in [9.17, 15) is 26.3 Å². The fraction of sp³-hybridized carbons (Fsp3) is 0.700. The van der Waals surface area contributed by atoms with E-state index in [0.29, 0.717) is 12.8 Å². The maximum Gasteiger partial charge on any atom is 0.379 e. The van der Waals surface area contributed by atoms with E-state index in [-0.39, 0.29) is 6.08 Å². The average molecular weight is 260 g/mol. The Balaban J connectivity index is 3.09. The molecule has 0 atom stereocenters. The monoisotopic (exact) mass is 260 g/mol. The molecule has 1 fully saturated rings. The lowest BCUT2D eigenvalue weighted by molar-refractivity contribution is -0.475. The van der Waals surface area contributed by atoms with Crippen LogP contribution in [0.15, 0.2) is 17.9 Å². The van der Waals surface area contributed by atoms with Crippen molar-refractivity contribution in [3.05, 3.63) is 17.9 Å². The minimum absolute atomic E-state index is 0.0972. The average Bonchev–Trinajstić information content (AvgIpc) is 2.22. The van der Waals surface area contributed by atoms with Crippen LogP contribution in [0.3, 0.4) is 0 Å². The topological polar surface area (TPSA) is 20.2 Å². The predicted octanol–water partition coefficient (Wildman–Crippen LogP) is 3.15. The molecule has 1 aliphatic rings. The van der Waals surface area contributed by atoms with Gasteiger partial charge in [0.25, 0.3) is 0 Å². The summed E-state index contributed by atoms with van der Waals surface area (Å²) in [5, 5.41) is 8.98. The third-order valence-corrected chi connectivity index (χ3v) is 2.59. The van der Waals surface area contributed by atoms with E-state index in [1.807, 2.05) is 5.73 Å². The van der Waals surface area contributed by atoms with Gasteiger partial charge in [-0.1, -0.05) is 13.3 Å². The van der Waals surface area contributed by atoms with Gasteiger partial charge in [-0.3, -0.25) is 0 Å². The van der Waals surface area contributed by atoms with Crippen molar-refractivity contribution in [1.82, 2.24) is 0 Å². The van der Waals surface area contributed by atoms with Gasteiger partial charge < -0.3 is 5.11 Å². The highest BCUT2D eigenvalue weighted by Crippen LogP contribution is 2.67. The number of aliphatic hydroxyl groups is 1. The van der Waals surface area contributed by atoms with Gasteiger partial charge in [-0.05, 0) is 12.5 Å². The van der Waals surface area contributed by atoms with Crippen LogP contribution >= 0.6 is 0 Å². The third kappa shape index (κ3) is 1.45. The zero-order valence-electron chi connectivity index (χ0n) is 8.78. The van der Waals surface area contributed by atoms with Crippen LogP contribution in [0.4, 0.5) is 26.3 Å². The van der Waals surface area contributed by atoms with Crippen LogP contribution in [0.1, 0.15) is 19.8 Å². The molecule has 1 saturated carbocycles. The van der Waals surface area contributed by atoms with Crippen LogP contribution in [0, 0.1) is 0 Å². The molecule has 0 aliphatic heterocycles. The first-order valence-corrected chi connectivity index (χ1v) is 4.84. The van der Waals surface area contributed by atoms with Crippen LogP contribution in [-0.4, -0.2) is 28.5 Å². The minimum atomic E-state index is -5.56. The van der Waals surface area contributed by atoms with E-state index < -0.39 is 23.4 Å². The van der Waals surface area contributed by atoms with E-state index in [1.54, 1.807) is 6.92 Å². The number of halogens is 6. The lowest BCUT2D eigenvalue weighted by Gasteiger charge is -2.54. The molecule has 0 bridgehead atoms. The van der Waals surface area contributed by atoms with Crippen molar-refractivity contribution in [2.45, 2.75) is 43.1 Å². The van der Waals surface area contributed by atoms with Crippen molar-refractivity contribution >= 4 is 0 Å². The molecule has 0 amide bonds. The van der Waals surface area contributed by atoms with Crippen LogP contribution in [0.5, 0.6) is 0 Å². The molecular formula is C10H10F6O. The lowest BCUT2D eigenvalue weighted by atomic mass is 9.68. The van der Waals surface area contributed by atoms with Crippen molar-refractivity contribution in [3.63, 3.8) is 0 Å². The van der Waals surface area contributed by atoms with Gasteiger partial charge in [-0.2, -0.15) is 26.3 Å². The summed E-state index contributed by atoms with van der Waals surface area (Å²) in [6.45, 7) is 1.73. The summed E-state index contributed by atoms with van der Waals surface area (Å²) in [5.74, 6) is -16.0. The number of unbranched alkanes of at least 4 members (excludes halogenated alkanes) is 1. The highest BCUT2D eigenvalue weighted by molar-refractivity contribution is 5.33. The Hall–Kier alpha value is -0.940. The van der Waals surface area contributed by atoms with Gasteiger partial charge >= 0.3 is 17.8 Å². The molecule has 0 aromatic carbocycles. The van der Waals surface area contributed by atoms with E-state index in [4.69, 9.17) is 5.11 Å². The first-order valence-electron chi connectivity index (χ1n) is 4.84. The maximum atomic E-state index is 12.8. The molecule has 0 saturated heterocycles. The minimum Gasteiger partial charge on any atom is -0.374 e. The SMILES string of the molecule is CCCC=C=CC1(O)C(F)(F)C(F)(F)C1(F)F. The van der Waals surface area contributed by atoms with Crippen molar-refractivity contribution in [1.29, 1.82) is 0 Å². The second kappa shape index (κ2) is 3.78. The number of hydrogen-bond donors (Lipinski definition) is 1. The molecule has 1 nitrogen and oxygen atoms in total. The van der Waals surface area contributed by atoms with Crippen molar-refractivity contribution in [2.24, 2.45) is 0 Å². The summed E-state index contributed by atoms with van der Waals surface area (Å²) >= 11 is 0. The van der Waals surface area contributed by atoms with E-state index in [0.717, 1.165) is 6.08 Å². The predicted molar refractivity (Wildman–Crippen MR) is 47.4 cm³/mol. The highest BCUT2D eigenvalue weighted by Gasteiger charge is 2.97. The summed E-state index contributed by atoms with van der Waals surface area (Å²) in [4.78, 5) is 0. The standard InChI is InChI=1S/C10H10F6O/c1-2-3-4-5-6-7(17)8(11,12)10(15,16)9(7,13)14/h4,6,17H,2-3H2,1H3. The largest absolute Gasteiger partial charge is 0.379 e. The number of hydrogen-bond acceptors (Lipinski definition) is 1. The van der Waals surface area contributed by atoms with E-state index in [2.05, 4.69) is 0 Å². The summed E-state index contributed by atoms with van der Waals surface area (Å²) in [6.07, 6.45) is 1.96. The molecule has 7 heteroatoms. The first kappa shape index (κ1) is 14.1. The molecule has 1 rings (SSSR count). The zero-order valence-corrected chi connectivity index (χ0v) is 8.78. The molecule has 0 aromatic rings. The normalized spacial score (nSPS) is 26.6. The van der Waals surface area contributed by atoms with Gasteiger partial charge in [0, 0.05) is 6.08 Å². The zero-order chi connectivity index (χ0) is 13.5. The molecular weight excluding hydrogens is 250 g/mol. The Kier molecular flexibility index (Phi) is 3.14. The lowest BCUT2D eigenvalue weighted by Crippen LogP contribution is -2.85. The van der Waals surface area contributed by atoms with Crippen LogP contribution in [0.2, 0.25) is 0 Å². The van der Waals surface area contributed by atoms with Gasteiger partial charge in [0.1, 0.15) is 0 Å². The Bertz CT molecular complexity index is 349. The Morgan fingerprint density at radius 2 is 1.47 bits per heavy atom. The number of alkyl halides is 6. The second-order valence-corrected chi connectivity index (χ2v) is 3.79. The molecule has 17 heavy (non-hydrogen) atoms. The van der Waals surface area contributed by atoms with Gasteiger partial charge in [-0.15, -0.1) is 5.73 Å². The molecule has 1 aliphatic carbocycles. The molecule has 98 valence electrons. The fourth-order valence-electron chi connectivity index (χ4n) is 1.40. The number of rotatable bonds is 3. The Labute approximate surface area is 93.4 Å². The molecule has 1 N–H and O–H groups in total.